The Labute approximate surface area is 118 Å². The van der Waals surface area contributed by atoms with Crippen molar-refractivity contribution in [3.05, 3.63) is 53.4 Å². The summed E-state index contributed by atoms with van der Waals surface area (Å²) in [6.45, 7) is 2.45. The summed E-state index contributed by atoms with van der Waals surface area (Å²) in [5.41, 5.74) is 9.31. The molecule has 0 atom stereocenters. The maximum absolute atomic E-state index is 11.7. The van der Waals surface area contributed by atoms with Crippen molar-refractivity contribution in [2.75, 3.05) is 5.73 Å². The zero-order chi connectivity index (χ0) is 14.5. The van der Waals surface area contributed by atoms with Crippen LogP contribution in [0.3, 0.4) is 0 Å². The summed E-state index contributed by atoms with van der Waals surface area (Å²) in [6, 6.07) is 7.34. The molecule has 5 heteroatoms. The Bertz CT molecular complexity index is 626. The number of nitrogen functional groups attached to an aromatic ring is 1. The van der Waals surface area contributed by atoms with Crippen LogP contribution < -0.4 is 11.1 Å². The summed E-state index contributed by atoms with van der Waals surface area (Å²) >= 11 is 0. The number of nitrogens with one attached hydrogen (secondary N) is 1. The number of nitrogens with two attached hydrogens (primary N) is 1. The van der Waals surface area contributed by atoms with Crippen LogP contribution in [0.1, 0.15) is 16.8 Å². The summed E-state index contributed by atoms with van der Waals surface area (Å²) in [5, 5.41) is 6.96. The lowest BCUT2D eigenvalue weighted by molar-refractivity contribution is -0.116. The molecule has 5 nitrogen and oxygen atoms in total. The fourth-order valence-corrected chi connectivity index (χ4v) is 1.74. The Morgan fingerprint density at radius 2 is 2.10 bits per heavy atom. The smallest absolute Gasteiger partial charge is 0.244 e. The van der Waals surface area contributed by atoms with Gasteiger partial charge in [-0.3, -0.25) is 9.48 Å². The quantitative estimate of drug-likeness (QED) is 0.655. The molecule has 0 fully saturated rings. The normalized spacial score (nSPS) is 10.9. The SMILES string of the molecule is Cc1c(CNC(=O)/C=C/c2ccc(N)cc2)cnn1C. The number of carbonyl (C=O) groups is 1. The van der Waals surface area contributed by atoms with Gasteiger partial charge < -0.3 is 11.1 Å². The maximum atomic E-state index is 11.7. The molecule has 0 radical (unpaired) electrons. The Morgan fingerprint density at radius 1 is 1.40 bits per heavy atom. The molecule has 0 aliphatic heterocycles. The first-order chi connectivity index (χ1) is 9.56. The minimum atomic E-state index is -0.134. The van der Waals surface area contributed by atoms with Crippen LogP contribution in [0.15, 0.2) is 36.5 Å². The second-order valence-corrected chi connectivity index (χ2v) is 4.60. The Balaban J connectivity index is 1.89. The monoisotopic (exact) mass is 270 g/mol. The van der Waals surface area contributed by atoms with Gasteiger partial charge in [0, 0.05) is 36.6 Å². The molecule has 3 N–H and O–H groups in total. The van der Waals surface area contributed by atoms with Crippen molar-refractivity contribution in [3.63, 3.8) is 0 Å². The van der Waals surface area contributed by atoms with E-state index < -0.39 is 0 Å². The molecule has 1 amide bonds. The molecule has 0 aliphatic carbocycles. The van der Waals surface area contributed by atoms with Gasteiger partial charge in [0.1, 0.15) is 0 Å². The Hall–Kier alpha value is -2.56. The predicted octanol–water partition coefficient (Wildman–Crippen LogP) is 1.64. The molecule has 0 saturated carbocycles. The van der Waals surface area contributed by atoms with Gasteiger partial charge in [-0.15, -0.1) is 0 Å². The summed E-state index contributed by atoms with van der Waals surface area (Å²) in [5.74, 6) is -0.134. The third-order valence-electron chi connectivity index (χ3n) is 3.15. The molecule has 104 valence electrons. The molecule has 0 unspecified atom stereocenters. The van der Waals surface area contributed by atoms with E-state index in [0.29, 0.717) is 12.2 Å². The highest BCUT2D eigenvalue weighted by molar-refractivity contribution is 5.91. The minimum Gasteiger partial charge on any atom is -0.399 e. The average molecular weight is 270 g/mol. The summed E-state index contributed by atoms with van der Waals surface area (Å²) in [4.78, 5) is 11.7. The van der Waals surface area contributed by atoms with Gasteiger partial charge in [-0.1, -0.05) is 12.1 Å². The number of hydrogen-bond donors (Lipinski definition) is 2. The number of aryl methyl sites for hydroxylation is 1. The lowest BCUT2D eigenvalue weighted by Gasteiger charge is -2.02. The van der Waals surface area contributed by atoms with Crippen molar-refractivity contribution in [1.82, 2.24) is 15.1 Å². The van der Waals surface area contributed by atoms with Crippen LogP contribution >= 0.6 is 0 Å². The van der Waals surface area contributed by atoms with E-state index in [2.05, 4.69) is 10.4 Å². The van der Waals surface area contributed by atoms with Gasteiger partial charge in [-0.25, -0.2) is 0 Å². The third-order valence-corrected chi connectivity index (χ3v) is 3.15. The molecular formula is C15H18N4O. The van der Waals surface area contributed by atoms with Gasteiger partial charge in [0.15, 0.2) is 0 Å². The van der Waals surface area contributed by atoms with E-state index in [1.165, 1.54) is 6.08 Å². The van der Waals surface area contributed by atoms with Crippen LogP contribution in [0.4, 0.5) is 5.69 Å². The van der Waals surface area contributed by atoms with Gasteiger partial charge in [0.05, 0.1) is 6.20 Å². The van der Waals surface area contributed by atoms with E-state index >= 15 is 0 Å². The van der Waals surface area contributed by atoms with E-state index in [1.807, 2.05) is 26.1 Å². The summed E-state index contributed by atoms with van der Waals surface area (Å²) < 4.78 is 1.78. The Morgan fingerprint density at radius 3 is 2.70 bits per heavy atom. The standard InChI is InChI=1S/C15H18N4O/c1-11-13(10-18-19(11)2)9-17-15(20)8-5-12-3-6-14(16)7-4-12/h3-8,10H,9,16H2,1-2H3,(H,17,20)/b8-5+. The lowest BCUT2D eigenvalue weighted by Crippen LogP contribution is -2.20. The zero-order valence-electron chi connectivity index (χ0n) is 11.6. The van der Waals surface area contributed by atoms with Crippen molar-refractivity contribution in [2.45, 2.75) is 13.5 Å². The first kappa shape index (κ1) is 13.9. The predicted molar refractivity (Wildman–Crippen MR) is 79.7 cm³/mol. The molecule has 1 aromatic heterocycles. The number of nitrogens with zero attached hydrogens (tertiary/aromatic N) is 2. The number of aromatic nitrogens is 2. The highest BCUT2D eigenvalue weighted by Crippen LogP contribution is 2.07. The molecule has 0 bridgehead atoms. The Kier molecular flexibility index (Phi) is 4.20. The highest BCUT2D eigenvalue weighted by atomic mass is 16.1. The lowest BCUT2D eigenvalue weighted by atomic mass is 10.2. The van der Waals surface area contributed by atoms with E-state index in [4.69, 9.17) is 5.73 Å². The fourth-order valence-electron chi connectivity index (χ4n) is 1.74. The van der Waals surface area contributed by atoms with E-state index in [0.717, 1.165) is 16.8 Å². The molecule has 20 heavy (non-hydrogen) atoms. The molecule has 2 aromatic rings. The van der Waals surface area contributed by atoms with Gasteiger partial charge in [-0.2, -0.15) is 5.10 Å². The van der Waals surface area contributed by atoms with Gasteiger partial charge in [-0.05, 0) is 30.7 Å². The van der Waals surface area contributed by atoms with Crippen molar-refractivity contribution < 1.29 is 4.79 Å². The van der Waals surface area contributed by atoms with Gasteiger partial charge >= 0.3 is 0 Å². The fraction of sp³-hybridized carbons (Fsp3) is 0.200. The first-order valence-electron chi connectivity index (χ1n) is 6.35. The highest BCUT2D eigenvalue weighted by Gasteiger charge is 2.04. The maximum Gasteiger partial charge on any atom is 0.244 e. The number of amides is 1. The van der Waals surface area contributed by atoms with Crippen LogP contribution in [0.5, 0.6) is 0 Å². The molecule has 2 rings (SSSR count). The van der Waals surface area contributed by atoms with Crippen molar-refractivity contribution >= 4 is 17.7 Å². The number of carbonyl (C=O) groups excluding carboxylic acids is 1. The van der Waals surface area contributed by atoms with Crippen LogP contribution in [0, 0.1) is 6.92 Å². The third kappa shape index (κ3) is 3.47. The number of benzene rings is 1. The van der Waals surface area contributed by atoms with Gasteiger partial charge in [0.25, 0.3) is 0 Å². The van der Waals surface area contributed by atoms with Crippen LogP contribution in [0.2, 0.25) is 0 Å². The largest absolute Gasteiger partial charge is 0.399 e. The van der Waals surface area contributed by atoms with E-state index in [1.54, 1.807) is 29.1 Å². The van der Waals surface area contributed by atoms with Crippen LogP contribution in [0.25, 0.3) is 6.08 Å². The summed E-state index contributed by atoms with van der Waals surface area (Å²) in [6.07, 6.45) is 5.03. The molecular weight excluding hydrogens is 252 g/mol. The summed E-state index contributed by atoms with van der Waals surface area (Å²) in [7, 11) is 1.88. The van der Waals surface area contributed by atoms with Crippen LogP contribution in [-0.2, 0) is 18.4 Å². The van der Waals surface area contributed by atoms with E-state index in [9.17, 15) is 4.79 Å². The molecule has 1 aromatic carbocycles. The molecule has 0 aliphatic rings. The van der Waals surface area contributed by atoms with Crippen molar-refractivity contribution in [3.8, 4) is 0 Å². The van der Waals surface area contributed by atoms with Crippen molar-refractivity contribution in [1.29, 1.82) is 0 Å². The van der Waals surface area contributed by atoms with Crippen LogP contribution in [-0.4, -0.2) is 15.7 Å². The van der Waals surface area contributed by atoms with Crippen molar-refractivity contribution in [2.24, 2.45) is 7.05 Å². The topological polar surface area (TPSA) is 72.9 Å². The number of rotatable bonds is 4. The minimum absolute atomic E-state index is 0.134. The first-order valence-corrected chi connectivity index (χ1v) is 6.35. The molecule has 1 heterocycles. The van der Waals surface area contributed by atoms with Gasteiger partial charge in [0.2, 0.25) is 5.91 Å². The second kappa shape index (κ2) is 6.06. The average Bonchev–Trinajstić information content (AvgIpc) is 2.76. The number of anilines is 1. The zero-order valence-corrected chi connectivity index (χ0v) is 11.6. The number of hydrogen-bond acceptors (Lipinski definition) is 3. The van der Waals surface area contributed by atoms with E-state index in [-0.39, 0.29) is 5.91 Å². The second-order valence-electron chi connectivity index (χ2n) is 4.60. The molecule has 0 saturated heterocycles. The molecule has 0 spiro atoms.